The molecule has 1 fully saturated rings. The van der Waals surface area contributed by atoms with Gasteiger partial charge in [0.05, 0.1) is 6.10 Å². The van der Waals surface area contributed by atoms with Crippen LogP contribution in [0.4, 0.5) is 0 Å². The zero-order valence-corrected chi connectivity index (χ0v) is 7.97. The first kappa shape index (κ1) is 9.27. The predicted molar refractivity (Wildman–Crippen MR) is 50.0 cm³/mol. The Kier molecular flexibility index (Phi) is 1.89. The van der Waals surface area contributed by atoms with Crippen LogP contribution in [-0.4, -0.2) is 26.9 Å². The van der Waals surface area contributed by atoms with E-state index in [9.17, 15) is 15.0 Å². The summed E-state index contributed by atoms with van der Waals surface area (Å²) in [5.74, 6) is -0.843. The number of carbonyl (C=O) groups is 1. The topological polar surface area (TPSA) is 62.5 Å². The van der Waals surface area contributed by atoms with Crippen LogP contribution in [0.25, 0.3) is 0 Å². The molecule has 0 aliphatic heterocycles. The van der Waals surface area contributed by atoms with Crippen molar-refractivity contribution in [2.75, 3.05) is 0 Å². The normalized spacial score (nSPS) is 31.1. The molecule has 1 aliphatic rings. The van der Waals surface area contributed by atoms with Gasteiger partial charge in [0.25, 0.3) is 0 Å². The molecule has 1 aliphatic carbocycles. The number of aromatic nitrogens is 1. The number of aryl methyl sites for hydroxylation is 1. The summed E-state index contributed by atoms with van der Waals surface area (Å²) >= 11 is 0. The molecular weight excluding hydrogens is 182 g/mol. The fourth-order valence-electron chi connectivity index (χ4n) is 2.20. The van der Waals surface area contributed by atoms with E-state index in [4.69, 9.17) is 0 Å². The van der Waals surface area contributed by atoms with E-state index in [-0.39, 0.29) is 0 Å². The predicted octanol–water partition coefficient (Wildman–Crippen LogP) is 0.502. The van der Waals surface area contributed by atoms with Gasteiger partial charge in [-0.05, 0) is 25.0 Å². The molecule has 4 heteroatoms. The number of aliphatic hydroxyl groups excluding tert-OH is 1. The van der Waals surface area contributed by atoms with Crippen molar-refractivity contribution in [2.24, 2.45) is 7.05 Å². The van der Waals surface area contributed by atoms with Crippen molar-refractivity contribution >= 4 is 5.97 Å². The Balaban J connectivity index is 2.39. The number of aliphatic hydroxyl groups is 1. The van der Waals surface area contributed by atoms with Gasteiger partial charge < -0.3 is 14.8 Å². The lowest BCUT2D eigenvalue weighted by Gasteiger charge is -2.41. The quantitative estimate of drug-likeness (QED) is 0.722. The van der Waals surface area contributed by atoms with Crippen molar-refractivity contribution in [3.63, 3.8) is 0 Å². The monoisotopic (exact) mass is 195 g/mol. The van der Waals surface area contributed by atoms with Crippen LogP contribution in [0.3, 0.4) is 0 Å². The van der Waals surface area contributed by atoms with Gasteiger partial charge >= 0.3 is 5.97 Å². The highest BCUT2D eigenvalue weighted by Crippen LogP contribution is 2.44. The highest BCUT2D eigenvalue weighted by molar-refractivity contribution is 5.82. The highest BCUT2D eigenvalue weighted by Gasteiger charge is 2.52. The van der Waals surface area contributed by atoms with E-state index < -0.39 is 17.5 Å². The van der Waals surface area contributed by atoms with Gasteiger partial charge in [-0.1, -0.05) is 0 Å². The Labute approximate surface area is 81.8 Å². The van der Waals surface area contributed by atoms with Crippen LogP contribution in [0.15, 0.2) is 18.3 Å². The van der Waals surface area contributed by atoms with E-state index in [1.54, 1.807) is 10.6 Å². The van der Waals surface area contributed by atoms with Crippen molar-refractivity contribution in [3.8, 4) is 0 Å². The van der Waals surface area contributed by atoms with Gasteiger partial charge in [0, 0.05) is 18.9 Å². The van der Waals surface area contributed by atoms with Crippen LogP contribution in [0.1, 0.15) is 18.5 Å². The van der Waals surface area contributed by atoms with Crippen LogP contribution in [0, 0.1) is 0 Å². The van der Waals surface area contributed by atoms with Crippen LogP contribution in [0.5, 0.6) is 0 Å². The maximum absolute atomic E-state index is 11.2. The number of hydrogen-bond acceptors (Lipinski definition) is 2. The molecule has 0 unspecified atom stereocenters. The maximum atomic E-state index is 11.2. The molecular formula is C10H13NO3. The first-order valence-corrected chi connectivity index (χ1v) is 4.59. The van der Waals surface area contributed by atoms with Gasteiger partial charge in [0.1, 0.15) is 5.41 Å². The van der Waals surface area contributed by atoms with Gasteiger partial charge in [-0.15, -0.1) is 0 Å². The van der Waals surface area contributed by atoms with Crippen molar-refractivity contribution in [2.45, 2.75) is 24.4 Å². The lowest BCUT2D eigenvalue weighted by atomic mass is 9.64. The van der Waals surface area contributed by atoms with Crippen molar-refractivity contribution < 1.29 is 15.0 Å². The molecule has 4 nitrogen and oxygen atoms in total. The van der Waals surface area contributed by atoms with E-state index in [1.807, 2.05) is 19.3 Å². The fourth-order valence-corrected chi connectivity index (χ4v) is 2.20. The molecule has 1 heterocycles. The zero-order valence-electron chi connectivity index (χ0n) is 7.97. The molecule has 2 N–H and O–H groups in total. The van der Waals surface area contributed by atoms with Crippen LogP contribution < -0.4 is 0 Å². The molecule has 76 valence electrons. The second kappa shape index (κ2) is 2.85. The zero-order chi connectivity index (χ0) is 10.3. The average molecular weight is 195 g/mol. The van der Waals surface area contributed by atoms with Gasteiger partial charge in [-0.25, -0.2) is 0 Å². The summed E-state index contributed by atoms with van der Waals surface area (Å²) < 4.78 is 1.81. The molecule has 1 saturated carbocycles. The summed E-state index contributed by atoms with van der Waals surface area (Å²) in [4.78, 5) is 11.2. The summed E-state index contributed by atoms with van der Waals surface area (Å²) in [6.45, 7) is 0. The number of hydrogen-bond donors (Lipinski definition) is 2. The van der Waals surface area contributed by atoms with E-state index in [0.29, 0.717) is 12.8 Å². The number of rotatable bonds is 2. The van der Waals surface area contributed by atoms with Crippen LogP contribution >= 0.6 is 0 Å². The fraction of sp³-hybridized carbons (Fsp3) is 0.500. The average Bonchev–Trinajstić information content (AvgIpc) is 2.45. The number of carboxylic acids is 1. The molecule has 0 aromatic carbocycles. The summed E-state index contributed by atoms with van der Waals surface area (Å²) in [6.07, 6.45) is 1.99. The Bertz CT molecular complexity index is 363. The maximum Gasteiger partial charge on any atom is 0.315 e. The third kappa shape index (κ3) is 1.07. The molecule has 0 amide bonds. The second-order valence-corrected chi connectivity index (χ2v) is 3.95. The Morgan fingerprint density at radius 2 is 2.29 bits per heavy atom. The molecule has 0 spiro atoms. The SMILES string of the molecule is Cn1cccc1C1(C(=O)O)CC(O)C1. The summed E-state index contributed by atoms with van der Waals surface area (Å²) in [6, 6.07) is 3.63. The minimum atomic E-state index is -0.863. The molecule has 0 saturated heterocycles. The number of nitrogens with zero attached hydrogens (tertiary/aromatic N) is 1. The van der Waals surface area contributed by atoms with Gasteiger partial charge in [0.2, 0.25) is 0 Å². The molecule has 2 rings (SSSR count). The second-order valence-electron chi connectivity index (χ2n) is 3.95. The molecule has 14 heavy (non-hydrogen) atoms. The minimum Gasteiger partial charge on any atom is -0.481 e. The summed E-state index contributed by atoms with van der Waals surface area (Å²) in [5, 5.41) is 18.4. The molecule has 0 bridgehead atoms. The largest absolute Gasteiger partial charge is 0.481 e. The lowest BCUT2D eigenvalue weighted by molar-refractivity contribution is -0.153. The first-order chi connectivity index (χ1) is 6.56. The van der Waals surface area contributed by atoms with Crippen molar-refractivity contribution in [1.82, 2.24) is 4.57 Å². The Morgan fingerprint density at radius 3 is 2.64 bits per heavy atom. The van der Waals surface area contributed by atoms with Crippen LogP contribution in [-0.2, 0) is 17.3 Å². The summed E-state index contributed by atoms with van der Waals surface area (Å²) in [5.41, 5.74) is -0.0900. The van der Waals surface area contributed by atoms with E-state index in [2.05, 4.69) is 0 Å². The molecule has 1 aromatic heterocycles. The highest BCUT2D eigenvalue weighted by atomic mass is 16.4. The van der Waals surface area contributed by atoms with Gasteiger partial charge in [-0.2, -0.15) is 0 Å². The lowest BCUT2D eigenvalue weighted by Crippen LogP contribution is -2.51. The van der Waals surface area contributed by atoms with Crippen LogP contribution in [0.2, 0.25) is 0 Å². The smallest absolute Gasteiger partial charge is 0.315 e. The minimum absolute atomic E-state index is 0.320. The molecule has 0 radical (unpaired) electrons. The molecule has 0 atom stereocenters. The van der Waals surface area contributed by atoms with Gasteiger partial charge in [0.15, 0.2) is 0 Å². The van der Waals surface area contributed by atoms with E-state index >= 15 is 0 Å². The first-order valence-electron chi connectivity index (χ1n) is 4.59. The Morgan fingerprint density at radius 1 is 1.64 bits per heavy atom. The third-order valence-electron chi connectivity index (χ3n) is 3.01. The standard InChI is InChI=1S/C10H13NO3/c1-11-4-2-3-8(11)10(9(13)14)5-7(12)6-10/h2-4,7,12H,5-6H2,1H3,(H,13,14). The van der Waals surface area contributed by atoms with E-state index in [0.717, 1.165) is 5.69 Å². The Hall–Kier alpha value is -1.29. The van der Waals surface area contributed by atoms with Crippen molar-refractivity contribution in [3.05, 3.63) is 24.0 Å². The third-order valence-corrected chi connectivity index (χ3v) is 3.01. The van der Waals surface area contributed by atoms with Crippen molar-refractivity contribution in [1.29, 1.82) is 0 Å². The molecule has 1 aromatic rings. The number of carboxylic acid groups (broad SMARTS) is 1. The number of aliphatic carboxylic acids is 1. The van der Waals surface area contributed by atoms with E-state index in [1.165, 1.54) is 0 Å². The van der Waals surface area contributed by atoms with Gasteiger partial charge in [-0.3, -0.25) is 4.79 Å². The summed E-state index contributed by atoms with van der Waals surface area (Å²) in [7, 11) is 1.82.